The number of carbonyl (C=O) groups is 2. The van der Waals surface area contributed by atoms with Crippen molar-refractivity contribution >= 4 is 50.1 Å². The molecule has 146 valence electrons. The number of ketones is 1. The molecule has 2 N–H and O–H groups in total. The number of sulfonamides is 1. The van der Waals surface area contributed by atoms with E-state index in [1.807, 2.05) is 0 Å². The fraction of sp³-hybridized carbons (Fsp3) is 0.158. The number of anilines is 1. The second kappa shape index (κ2) is 7.50. The second-order valence-electron chi connectivity index (χ2n) is 6.21. The number of hydrogen-bond acceptors (Lipinski definition) is 6. The summed E-state index contributed by atoms with van der Waals surface area (Å²) in [5.41, 5.74) is 1.15. The average Bonchev–Trinajstić information content (AvgIpc) is 3.20. The van der Waals surface area contributed by atoms with Crippen LogP contribution in [0.3, 0.4) is 0 Å². The van der Waals surface area contributed by atoms with Crippen LogP contribution in [0.15, 0.2) is 41.3 Å². The van der Waals surface area contributed by atoms with Crippen LogP contribution in [-0.2, 0) is 10.0 Å². The first-order valence-corrected chi connectivity index (χ1v) is 11.3. The Bertz CT molecular complexity index is 1170. The number of carbonyl (C=O) groups excluding carboxylic acids is 1. The Morgan fingerprint density at radius 3 is 2.18 bits per heavy atom. The standard InChI is InChI=1S/C19H17NO5S3/c1-10-5-4-6-11(2)18(10)28(24,25)20-13-9-16(27-17(13)19(22)23)15-8-7-14(26-15)12(3)21/h4-9,20H,1-3H3,(H,22,23). The molecule has 0 aliphatic carbocycles. The molecular weight excluding hydrogens is 418 g/mol. The van der Waals surface area contributed by atoms with Gasteiger partial charge in [0.25, 0.3) is 10.0 Å². The highest BCUT2D eigenvalue weighted by atomic mass is 32.2. The van der Waals surface area contributed by atoms with E-state index >= 15 is 0 Å². The van der Waals surface area contributed by atoms with Crippen molar-refractivity contribution in [3.05, 3.63) is 57.3 Å². The van der Waals surface area contributed by atoms with Gasteiger partial charge in [-0.25, -0.2) is 13.2 Å². The third kappa shape index (κ3) is 3.87. The minimum absolute atomic E-state index is 0.00734. The zero-order valence-electron chi connectivity index (χ0n) is 15.3. The number of thiophene rings is 2. The summed E-state index contributed by atoms with van der Waals surface area (Å²) in [5, 5.41) is 9.52. The highest BCUT2D eigenvalue weighted by molar-refractivity contribution is 7.92. The number of rotatable bonds is 6. The van der Waals surface area contributed by atoms with Gasteiger partial charge in [0.2, 0.25) is 0 Å². The monoisotopic (exact) mass is 435 g/mol. The minimum atomic E-state index is -3.97. The number of benzene rings is 1. The molecule has 2 aromatic heterocycles. The largest absolute Gasteiger partial charge is 0.477 e. The quantitative estimate of drug-likeness (QED) is 0.542. The average molecular weight is 436 g/mol. The fourth-order valence-electron chi connectivity index (χ4n) is 2.83. The van der Waals surface area contributed by atoms with E-state index in [4.69, 9.17) is 0 Å². The molecule has 0 spiro atoms. The van der Waals surface area contributed by atoms with Gasteiger partial charge in [0.15, 0.2) is 5.78 Å². The Kier molecular flexibility index (Phi) is 5.42. The number of nitrogens with one attached hydrogen (secondary N) is 1. The van der Waals surface area contributed by atoms with E-state index in [-0.39, 0.29) is 21.2 Å². The van der Waals surface area contributed by atoms with E-state index in [2.05, 4.69) is 4.72 Å². The van der Waals surface area contributed by atoms with Gasteiger partial charge in [0.05, 0.1) is 15.5 Å². The summed E-state index contributed by atoms with van der Waals surface area (Å²) in [4.78, 5) is 25.0. The SMILES string of the molecule is CC(=O)c1ccc(-c2cc(NS(=O)(=O)c3c(C)cccc3C)c(C(=O)O)s2)s1. The van der Waals surface area contributed by atoms with E-state index in [0.29, 0.717) is 25.8 Å². The Morgan fingerprint density at radius 1 is 1.00 bits per heavy atom. The number of aromatic carboxylic acids is 1. The molecule has 0 aliphatic rings. The third-order valence-corrected chi connectivity index (χ3v) is 8.22. The summed E-state index contributed by atoms with van der Waals surface area (Å²) in [6.45, 7) is 4.83. The molecule has 0 unspecified atom stereocenters. The lowest BCUT2D eigenvalue weighted by Crippen LogP contribution is -2.16. The molecule has 0 saturated heterocycles. The summed E-state index contributed by atoms with van der Waals surface area (Å²) in [6, 6.07) is 10.0. The molecule has 0 aliphatic heterocycles. The topological polar surface area (TPSA) is 101 Å². The van der Waals surface area contributed by atoms with Crippen LogP contribution in [0.2, 0.25) is 0 Å². The Balaban J connectivity index is 2.05. The molecule has 0 saturated carbocycles. The number of aryl methyl sites for hydroxylation is 2. The molecule has 0 bridgehead atoms. The summed E-state index contributed by atoms with van der Waals surface area (Å²) >= 11 is 2.20. The maximum atomic E-state index is 12.9. The number of hydrogen-bond donors (Lipinski definition) is 2. The van der Waals surface area contributed by atoms with Crippen LogP contribution in [0.4, 0.5) is 5.69 Å². The maximum Gasteiger partial charge on any atom is 0.348 e. The van der Waals surface area contributed by atoms with E-state index in [1.165, 1.54) is 24.3 Å². The van der Waals surface area contributed by atoms with Crippen LogP contribution in [-0.4, -0.2) is 25.3 Å². The molecule has 0 radical (unpaired) electrons. The zero-order chi connectivity index (χ0) is 20.6. The molecule has 1 aromatic carbocycles. The number of carboxylic acid groups (broad SMARTS) is 1. The van der Waals surface area contributed by atoms with Gasteiger partial charge in [-0.3, -0.25) is 9.52 Å². The van der Waals surface area contributed by atoms with Gasteiger partial charge in [0.1, 0.15) is 4.88 Å². The lowest BCUT2D eigenvalue weighted by molar-refractivity contribution is 0.0703. The molecule has 9 heteroatoms. The van der Waals surface area contributed by atoms with Gasteiger partial charge in [-0.15, -0.1) is 22.7 Å². The Hall–Kier alpha value is -2.49. The first-order chi connectivity index (χ1) is 13.1. The zero-order valence-corrected chi connectivity index (χ0v) is 17.7. The third-order valence-electron chi connectivity index (χ3n) is 4.04. The molecule has 6 nitrogen and oxygen atoms in total. The van der Waals surface area contributed by atoms with Crippen molar-refractivity contribution in [2.75, 3.05) is 4.72 Å². The predicted octanol–water partition coefficient (Wildman–Crippen LogP) is 4.80. The van der Waals surface area contributed by atoms with Crippen molar-refractivity contribution in [3.63, 3.8) is 0 Å². The van der Waals surface area contributed by atoms with Crippen LogP contribution >= 0.6 is 22.7 Å². The molecule has 28 heavy (non-hydrogen) atoms. The van der Waals surface area contributed by atoms with Crippen molar-refractivity contribution in [2.45, 2.75) is 25.7 Å². The van der Waals surface area contributed by atoms with Crippen molar-refractivity contribution in [1.29, 1.82) is 0 Å². The molecule has 2 heterocycles. The van der Waals surface area contributed by atoms with E-state index in [1.54, 1.807) is 44.2 Å². The molecule has 3 rings (SSSR count). The lowest BCUT2D eigenvalue weighted by Gasteiger charge is -2.12. The predicted molar refractivity (Wildman–Crippen MR) is 111 cm³/mol. The summed E-state index contributed by atoms with van der Waals surface area (Å²) < 4.78 is 28.3. The maximum absolute atomic E-state index is 12.9. The summed E-state index contributed by atoms with van der Waals surface area (Å²) in [7, 11) is -3.97. The van der Waals surface area contributed by atoms with Gasteiger partial charge < -0.3 is 5.11 Å². The first kappa shape index (κ1) is 20.2. The van der Waals surface area contributed by atoms with E-state index < -0.39 is 16.0 Å². The van der Waals surface area contributed by atoms with Crippen LogP contribution in [0.25, 0.3) is 9.75 Å². The summed E-state index contributed by atoms with van der Waals surface area (Å²) in [6.07, 6.45) is 0. The molecular formula is C19H17NO5S3. The molecule has 0 amide bonds. The van der Waals surface area contributed by atoms with E-state index in [9.17, 15) is 23.1 Å². The fourth-order valence-corrected chi connectivity index (χ4v) is 6.36. The normalized spacial score (nSPS) is 11.4. The second-order valence-corrected chi connectivity index (χ2v) is 9.96. The van der Waals surface area contributed by atoms with Crippen molar-refractivity contribution in [3.8, 4) is 9.75 Å². The van der Waals surface area contributed by atoms with Gasteiger partial charge in [-0.05, 0) is 50.1 Å². The minimum Gasteiger partial charge on any atom is -0.477 e. The lowest BCUT2D eigenvalue weighted by atomic mass is 10.2. The van der Waals surface area contributed by atoms with Gasteiger partial charge in [0, 0.05) is 9.75 Å². The molecule has 0 atom stereocenters. The van der Waals surface area contributed by atoms with Crippen molar-refractivity contribution in [2.24, 2.45) is 0 Å². The summed E-state index contributed by atoms with van der Waals surface area (Å²) in [5.74, 6) is -1.30. The van der Waals surface area contributed by atoms with E-state index in [0.717, 1.165) is 11.3 Å². The smallest absolute Gasteiger partial charge is 0.348 e. The number of Topliss-reactive ketones (excluding diaryl/α,β-unsaturated/α-hetero) is 1. The highest BCUT2D eigenvalue weighted by Gasteiger charge is 2.25. The van der Waals surface area contributed by atoms with Crippen LogP contribution in [0, 0.1) is 13.8 Å². The molecule has 3 aromatic rings. The highest BCUT2D eigenvalue weighted by Crippen LogP contribution is 2.39. The van der Waals surface area contributed by atoms with Gasteiger partial charge in [-0.2, -0.15) is 0 Å². The van der Waals surface area contributed by atoms with Gasteiger partial charge >= 0.3 is 5.97 Å². The van der Waals surface area contributed by atoms with Crippen LogP contribution in [0.5, 0.6) is 0 Å². The van der Waals surface area contributed by atoms with Gasteiger partial charge in [-0.1, -0.05) is 18.2 Å². The Morgan fingerprint density at radius 2 is 1.64 bits per heavy atom. The van der Waals surface area contributed by atoms with Crippen LogP contribution in [0.1, 0.15) is 37.4 Å². The van der Waals surface area contributed by atoms with Crippen molar-refractivity contribution in [1.82, 2.24) is 0 Å². The Labute approximate surface area is 170 Å². The number of carboxylic acids is 1. The van der Waals surface area contributed by atoms with Crippen molar-refractivity contribution < 1.29 is 23.1 Å². The first-order valence-electron chi connectivity index (χ1n) is 8.17. The van der Waals surface area contributed by atoms with Crippen LogP contribution < -0.4 is 4.72 Å². The molecule has 0 fully saturated rings.